The van der Waals surface area contributed by atoms with E-state index in [0.717, 1.165) is 27.3 Å². The van der Waals surface area contributed by atoms with E-state index in [1.165, 1.54) is 5.39 Å². The molecular formula is C18H12ClN3. The molecule has 3 nitrogen and oxygen atoms in total. The molecule has 106 valence electrons. The Morgan fingerprint density at radius 2 is 1.77 bits per heavy atom. The third kappa shape index (κ3) is 2.26. The first-order valence-electron chi connectivity index (χ1n) is 6.96. The normalized spacial score (nSPS) is 11.7. The van der Waals surface area contributed by atoms with Gasteiger partial charge in [0, 0.05) is 10.4 Å². The number of nitrogens with zero attached hydrogens (tertiary/aromatic N) is 3. The summed E-state index contributed by atoms with van der Waals surface area (Å²) in [6, 6.07) is 18.1. The lowest BCUT2D eigenvalue weighted by atomic mass is 10.1. The molecule has 0 saturated heterocycles. The van der Waals surface area contributed by atoms with Crippen LogP contribution in [0.1, 0.15) is 11.1 Å². The molecular weight excluding hydrogens is 294 g/mol. The van der Waals surface area contributed by atoms with E-state index < -0.39 is 0 Å². The summed E-state index contributed by atoms with van der Waals surface area (Å²) in [4.78, 5) is 0. The second-order valence-corrected chi connectivity index (χ2v) is 5.50. The van der Waals surface area contributed by atoms with Gasteiger partial charge in [-0.25, -0.2) is 0 Å². The van der Waals surface area contributed by atoms with Crippen molar-refractivity contribution in [3.8, 4) is 0 Å². The molecule has 2 aromatic heterocycles. The van der Waals surface area contributed by atoms with Gasteiger partial charge in [-0.1, -0.05) is 54.1 Å². The number of rotatable bonds is 2. The molecule has 0 saturated carbocycles. The fourth-order valence-corrected chi connectivity index (χ4v) is 2.70. The lowest BCUT2D eigenvalue weighted by Gasteiger charge is -2.05. The summed E-state index contributed by atoms with van der Waals surface area (Å²) in [7, 11) is 0. The molecule has 0 aliphatic heterocycles. The second-order valence-electron chi connectivity index (χ2n) is 5.06. The van der Waals surface area contributed by atoms with Gasteiger partial charge in [-0.05, 0) is 35.4 Å². The Labute approximate surface area is 132 Å². The molecule has 4 rings (SSSR count). The smallest absolute Gasteiger partial charge is 0.161 e. The van der Waals surface area contributed by atoms with E-state index in [1.807, 2.05) is 46.9 Å². The molecule has 0 unspecified atom stereocenters. The number of pyridine rings is 1. The zero-order valence-corrected chi connectivity index (χ0v) is 12.4. The Balaban J connectivity index is 1.87. The minimum absolute atomic E-state index is 0.743. The summed E-state index contributed by atoms with van der Waals surface area (Å²) in [5.74, 6) is 0. The van der Waals surface area contributed by atoms with Crippen LogP contribution in [0.2, 0.25) is 5.02 Å². The zero-order chi connectivity index (χ0) is 14.9. The van der Waals surface area contributed by atoms with E-state index in [-0.39, 0.29) is 0 Å². The first-order valence-corrected chi connectivity index (χ1v) is 7.34. The maximum atomic E-state index is 5.92. The summed E-state index contributed by atoms with van der Waals surface area (Å²) in [5, 5.41) is 10.1. The molecule has 2 aromatic carbocycles. The van der Waals surface area contributed by atoms with E-state index in [9.17, 15) is 0 Å². The van der Waals surface area contributed by atoms with Crippen molar-refractivity contribution >= 4 is 40.3 Å². The Hall–Kier alpha value is -2.65. The lowest BCUT2D eigenvalue weighted by Crippen LogP contribution is -1.89. The third-order valence-electron chi connectivity index (χ3n) is 3.66. The highest BCUT2D eigenvalue weighted by Gasteiger charge is 2.05. The molecule has 22 heavy (non-hydrogen) atoms. The molecule has 0 atom stereocenters. The Kier molecular flexibility index (Phi) is 3.13. The van der Waals surface area contributed by atoms with Crippen molar-refractivity contribution in [3.63, 3.8) is 0 Å². The van der Waals surface area contributed by atoms with Crippen LogP contribution in [0.4, 0.5) is 0 Å². The fourth-order valence-electron chi connectivity index (χ4n) is 2.57. The SMILES string of the molecule is Clc1ccc(/C=C/c2cc3nncn3c3ccccc23)cc1. The zero-order valence-electron chi connectivity index (χ0n) is 11.6. The first-order chi connectivity index (χ1) is 10.8. The summed E-state index contributed by atoms with van der Waals surface area (Å²) < 4.78 is 2.00. The van der Waals surface area contributed by atoms with Gasteiger partial charge >= 0.3 is 0 Å². The summed E-state index contributed by atoms with van der Waals surface area (Å²) in [5.41, 5.74) is 4.16. The topological polar surface area (TPSA) is 30.2 Å². The van der Waals surface area contributed by atoms with Crippen LogP contribution in [-0.4, -0.2) is 14.6 Å². The Morgan fingerprint density at radius 1 is 0.955 bits per heavy atom. The monoisotopic (exact) mass is 305 g/mol. The van der Waals surface area contributed by atoms with Crippen LogP contribution in [0.15, 0.2) is 60.9 Å². The van der Waals surface area contributed by atoms with Gasteiger partial charge < -0.3 is 0 Å². The number of fused-ring (bicyclic) bond motifs is 3. The highest BCUT2D eigenvalue weighted by molar-refractivity contribution is 6.30. The predicted octanol–water partition coefficient (Wildman–Crippen LogP) is 4.71. The Morgan fingerprint density at radius 3 is 2.64 bits per heavy atom. The van der Waals surface area contributed by atoms with Crippen molar-refractivity contribution in [2.75, 3.05) is 0 Å². The van der Waals surface area contributed by atoms with Gasteiger partial charge in [0.25, 0.3) is 0 Å². The van der Waals surface area contributed by atoms with Crippen LogP contribution in [0.3, 0.4) is 0 Å². The predicted molar refractivity (Wildman–Crippen MR) is 90.9 cm³/mol. The molecule has 4 aromatic rings. The fraction of sp³-hybridized carbons (Fsp3) is 0. The highest BCUT2D eigenvalue weighted by atomic mass is 35.5. The van der Waals surface area contributed by atoms with Crippen LogP contribution < -0.4 is 0 Å². The number of hydrogen-bond donors (Lipinski definition) is 0. The first kappa shape index (κ1) is 13.0. The van der Waals surface area contributed by atoms with Crippen molar-refractivity contribution in [1.82, 2.24) is 14.6 Å². The van der Waals surface area contributed by atoms with Crippen LogP contribution in [-0.2, 0) is 0 Å². The van der Waals surface area contributed by atoms with Crippen molar-refractivity contribution in [2.45, 2.75) is 0 Å². The number of halogens is 1. The van der Waals surface area contributed by atoms with Crippen molar-refractivity contribution < 1.29 is 0 Å². The van der Waals surface area contributed by atoms with Gasteiger partial charge in [0.2, 0.25) is 0 Å². The van der Waals surface area contributed by atoms with Crippen LogP contribution in [0, 0.1) is 0 Å². The van der Waals surface area contributed by atoms with E-state index in [2.05, 4.69) is 34.5 Å². The van der Waals surface area contributed by atoms with Gasteiger partial charge in [0.1, 0.15) is 6.33 Å². The lowest BCUT2D eigenvalue weighted by molar-refractivity contribution is 1.11. The molecule has 0 radical (unpaired) electrons. The van der Waals surface area contributed by atoms with E-state index in [4.69, 9.17) is 11.6 Å². The summed E-state index contributed by atoms with van der Waals surface area (Å²) in [6.45, 7) is 0. The molecule has 0 fully saturated rings. The van der Waals surface area contributed by atoms with Gasteiger partial charge in [-0.15, -0.1) is 10.2 Å². The van der Waals surface area contributed by atoms with Gasteiger partial charge in [0.05, 0.1) is 5.52 Å². The minimum atomic E-state index is 0.743. The van der Waals surface area contributed by atoms with Crippen molar-refractivity contribution in [3.05, 3.63) is 77.1 Å². The molecule has 0 N–H and O–H groups in total. The van der Waals surface area contributed by atoms with Gasteiger partial charge in [-0.3, -0.25) is 4.40 Å². The average Bonchev–Trinajstić information content (AvgIpc) is 3.03. The summed E-state index contributed by atoms with van der Waals surface area (Å²) >= 11 is 5.92. The second kappa shape index (κ2) is 5.28. The standard InChI is InChI=1S/C18H12ClN3/c19-15-9-6-13(7-10-15)5-8-14-11-18-21-20-12-22(18)17-4-2-1-3-16(14)17/h1-12H/b8-5+. The Bertz CT molecular complexity index is 984. The third-order valence-corrected chi connectivity index (χ3v) is 3.91. The number of aromatic nitrogens is 3. The van der Waals surface area contributed by atoms with Crippen molar-refractivity contribution in [2.24, 2.45) is 0 Å². The number of para-hydroxylation sites is 1. The maximum absolute atomic E-state index is 5.92. The quantitative estimate of drug-likeness (QED) is 0.537. The molecule has 2 heterocycles. The van der Waals surface area contributed by atoms with Gasteiger partial charge in [-0.2, -0.15) is 0 Å². The van der Waals surface area contributed by atoms with Crippen LogP contribution in [0.5, 0.6) is 0 Å². The largest absolute Gasteiger partial charge is 0.281 e. The molecule has 0 aliphatic rings. The molecule has 0 bridgehead atoms. The summed E-state index contributed by atoms with van der Waals surface area (Å²) in [6.07, 6.45) is 5.91. The highest BCUT2D eigenvalue weighted by Crippen LogP contribution is 2.23. The van der Waals surface area contributed by atoms with Crippen LogP contribution >= 0.6 is 11.6 Å². The number of benzene rings is 2. The number of hydrogen-bond acceptors (Lipinski definition) is 2. The van der Waals surface area contributed by atoms with Crippen molar-refractivity contribution in [1.29, 1.82) is 0 Å². The minimum Gasteiger partial charge on any atom is -0.281 e. The van der Waals surface area contributed by atoms with E-state index in [1.54, 1.807) is 6.33 Å². The molecule has 0 aliphatic carbocycles. The van der Waals surface area contributed by atoms with Crippen LogP contribution in [0.25, 0.3) is 28.7 Å². The average molecular weight is 306 g/mol. The van der Waals surface area contributed by atoms with Gasteiger partial charge in [0.15, 0.2) is 5.65 Å². The molecule has 0 spiro atoms. The molecule has 0 amide bonds. The molecule has 4 heteroatoms. The maximum Gasteiger partial charge on any atom is 0.161 e. The van der Waals surface area contributed by atoms with E-state index in [0.29, 0.717) is 0 Å². The van der Waals surface area contributed by atoms with E-state index >= 15 is 0 Å².